The number of aliphatic hydroxyl groups excluding tert-OH is 4. The second kappa shape index (κ2) is 4.86. The molecular formula is C8H14O7. The largest absolute Gasteiger partial charge is 0.454 e. The second-order valence-corrected chi connectivity index (χ2v) is 3.30. The first-order valence-corrected chi connectivity index (χ1v) is 4.45. The van der Waals surface area contributed by atoms with E-state index in [-0.39, 0.29) is 0 Å². The van der Waals surface area contributed by atoms with Crippen molar-refractivity contribution in [2.75, 3.05) is 6.61 Å². The summed E-state index contributed by atoms with van der Waals surface area (Å²) in [5.74, 6) is -0.712. The molecule has 7 nitrogen and oxygen atoms in total. The standard InChI is InChI=1S/C8H14O7/c1-3(10)14-7-6(12)5(11)4(2-9)15-8(7)13/h4-9,11-13H,2H2,1H3/t4?,5-,6?,7-,8?/m0/s1. The smallest absolute Gasteiger partial charge is 0.303 e. The molecule has 1 rings (SSSR count). The minimum Gasteiger partial charge on any atom is -0.454 e. The molecule has 0 bridgehead atoms. The van der Waals surface area contributed by atoms with E-state index in [0.29, 0.717) is 0 Å². The van der Waals surface area contributed by atoms with Crippen LogP contribution in [-0.2, 0) is 14.3 Å². The molecule has 0 amide bonds. The molecule has 1 aliphatic rings. The molecule has 3 unspecified atom stereocenters. The summed E-state index contributed by atoms with van der Waals surface area (Å²) in [4.78, 5) is 10.6. The van der Waals surface area contributed by atoms with E-state index in [1.54, 1.807) is 0 Å². The van der Waals surface area contributed by atoms with Crippen LogP contribution in [0.2, 0.25) is 0 Å². The lowest BCUT2D eigenvalue weighted by Crippen LogP contribution is -2.59. The highest BCUT2D eigenvalue weighted by Gasteiger charge is 2.45. The normalized spacial score (nSPS) is 41.3. The molecule has 0 saturated carbocycles. The Morgan fingerprint density at radius 1 is 1.33 bits per heavy atom. The van der Waals surface area contributed by atoms with E-state index in [1.165, 1.54) is 0 Å². The Morgan fingerprint density at radius 3 is 2.40 bits per heavy atom. The van der Waals surface area contributed by atoms with E-state index < -0.39 is 43.3 Å². The minimum absolute atomic E-state index is 0.553. The predicted octanol–water partition coefficient (Wildman–Crippen LogP) is -2.65. The van der Waals surface area contributed by atoms with E-state index in [1.807, 2.05) is 0 Å². The van der Waals surface area contributed by atoms with Crippen molar-refractivity contribution in [3.63, 3.8) is 0 Å². The van der Waals surface area contributed by atoms with Gasteiger partial charge in [0.15, 0.2) is 12.4 Å². The van der Waals surface area contributed by atoms with E-state index in [0.717, 1.165) is 6.92 Å². The summed E-state index contributed by atoms with van der Waals surface area (Å²) in [5, 5.41) is 37.0. The van der Waals surface area contributed by atoms with Crippen LogP contribution in [0.15, 0.2) is 0 Å². The molecule has 15 heavy (non-hydrogen) atoms. The lowest BCUT2D eigenvalue weighted by molar-refractivity contribution is -0.290. The summed E-state index contributed by atoms with van der Waals surface area (Å²) in [7, 11) is 0. The maximum absolute atomic E-state index is 10.6. The van der Waals surface area contributed by atoms with E-state index >= 15 is 0 Å². The van der Waals surface area contributed by atoms with Gasteiger partial charge in [0.25, 0.3) is 0 Å². The van der Waals surface area contributed by atoms with Crippen LogP contribution in [0.3, 0.4) is 0 Å². The summed E-state index contributed by atoms with van der Waals surface area (Å²) in [6, 6.07) is 0. The Balaban J connectivity index is 2.70. The van der Waals surface area contributed by atoms with Gasteiger partial charge in [0, 0.05) is 6.92 Å². The van der Waals surface area contributed by atoms with Crippen LogP contribution >= 0.6 is 0 Å². The molecule has 88 valence electrons. The molecule has 0 aromatic heterocycles. The van der Waals surface area contributed by atoms with Gasteiger partial charge in [0.1, 0.15) is 18.3 Å². The Labute approximate surface area is 85.9 Å². The number of hydrogen-bond acceptors (Lipinski definition) is 7. The fraction of sp³-hybridized carbons (Fsp3) is 0.875. The van der Waals surface area contributed by atoms with Gasteiger partial charge in [0.2, 0.25) is 0 Å². The monoisotopic (exact) mass is 222 g/mol. The summed E-state index contributed by atoms with van der Waals surface area (Å²) < 4.78 is 9.32. The molecule has 4 N–H and O–H groups in total. The molecule has 1 fully saturated rings. The highest BCUT2D eigenvalue weighted by Crippen LogP contribution is 2.22. The number of carbonyl (C=O) groups excluding carboxylic acids is 1. The Morgan fingerprint density at radius 2 is 1.93 bits per heavy atom. The van der Waals surface area contributed by atoms with Crippen LogP contribution in [-0.4, -0.2) is 63.7 Å². The van der Waals surface area contributed by atoms with Gasteiger partial charge in [-0.2, -0.15) is 0 Å². The van der Waals surface area contributed by atoms with Gasteiger partial charge >= 0.3 is 5.97 Å². The molecule has 1 aliphatic heterocycles. The van der Waals surface area contributed by atoms with Crippen LogP contribution in [0.4, 0.5) is 0 Å². The first-order valence-electron chi connectivity index (χ1n) is 4.45. The molecule has 7 heteroatoms. The lowest BCUT2D eigenvalue weighted by Gasteiger charge is -2.39. The van der Waals surface area contributed by atoms with Crippen molar-refractivity contribution in [1.29, 1.82) is 0 Å². The SMILES string of the molecule is CC(=O)O[C@@H]1C(O)OC(CO)[C@H](O)C1O. The molecule has 0 aromatic carbocycles. The zero-order valence-electron chi connectivity index (χ0n) is 8.11. The predicted molar refractivity (Wildman–Crippen MR) is 45.5 cm³/mol. The first-order chi connectivity index (χ1) is 6.97. The van der Waals surface area contributed by atoms with Crippen molar-refractivity contribution in [2.24, 2.45) is 0 Å². The third kappa shape index (κ3) is 2.64. The minimum atomic E-state index is -1.57. The van der Waals surface area contributed by atoms with Crippen molar-refractivity contribution in [3.05, 3.63) is 0 Å². The molecule has 1 heterocycles. The van der Waals surface area contributed by atoms with E-state index in [2.05, 4.69) is 4.74 Å². The van der Waals surface area contributed by atoms with E-state index in [9.17, 15) is 20.1 Å². The Hall–Kier alpha value is -0.730. The third-order valence-corrected chi connectivity index (χ3v) is 2.14. The van der Waals surface area contributed by atoms with Gasteiger partial charge in [-0.1, -0.05) is 0 Å². The first kappa shape index (κ1) is 12.3. The van der Waals surface area contributed by atoms with Crippen molar-refractivity contribution in [1.82, 2.24) is 0 Å². The molecule has 0 radical (unpaired) electrons. The van der Waals surface area contributed by atoms with Gasteiger partial charge < -0.3 is 29.9 Å². The van der Waals surface area contributed by atoms with Gasteiger partial charge in [-0.15, -0.1) is 0 Å². The number of esters is 1. The fourth-order valence-corrected chi connectivity index (χ4v) is 1.39. The van der Waals surface area contributed by atoms with Gasteiger partial charge in [0.05, 0.1) is 6.61 Å². The Kier molecular flexibility index (Phi) is 4.00. The highest BCUT2D eigenvalue weighted by molar-refractivity contribution is 5.66. The zero-order valence-corrected chi connectivity index (χ0v) is 8.11. The summed E-state index contributed by atoms with van der Waals surface area (Å²) in [6.07, 6.45) is -6.91. The van der Waals surface area contributed by atoms with Gasteiger partial charge in [-0.05, 0) is 0 Å². The van der Waals surface area contributed by atoms with Crippen molar-refractivity contribution >= 4 is 5.97 Å². The maximum atomic E-state index is 10.6. The summed E-state index contributed by atoms with van der Waals surface area (Å²) in [6.45, 7) is 0.548. The average Bonchev–Trinajstić information content (AvgIpc) is 2.18. The van der Waals surface area contributed by atoms with E-state index in [4.69, 9.17) is 9.84 Å². The molecule has 0 aliphatic carbocycles. The highest BCUT2D eigenvalue weighted by atomic mass is 16.7. The van der Waals surface area contributed by atoms with Crippen molar-refractivity contribution in [2.45, 2.75) is 37.6 Å². The molecule has 0 aromatic rings. The molecule has 5 atom stereocenters. The zero-order chi connectivity index (χ0) is 11.6. The number of carbonyl (C=O) groups is 1. The van der Waals surface area contributed by atoms with Crippen LogP contribution in [0, 0.1) is 0 Å². The Bertz CT molecular complexity index is 231. The van der Waals surface area contributed by atoms with Crippen molar-refractivity contribution < 1.29 is 34.7 Å². The quantitative estimate of drug-likeness (QED) is 0.377. The third-order valence-electron chi connectivity index (χ3n) is 2.14. The molecule has 1 saturated heterocycles. The fourth-order valence-electron chi connectivity index (χ4n) is 1.39. The van der Waals surface area contributed by atoms with Crippen LogP contribution in [0.25, 0.3) is 0 Å². The second-order valence-electron chi connectivity index (χ2n) is 3.30. The topological polar surface area (TPSA) is 116 Å². The number of rotatable bonds is 2. The van der Waals surface area contributed by atoms with Crippen molar-refractivity contribution in [3.8, 4) is 0 Å². The van der Waals surface area contributed by atoms with Crippen LogP contribution in [0.5, 0.6) is 0 Å². The number of aliphatic hydroxyl groups is 4. The van der Waals surface area contributed by atoms with Crippen LogP contribution < -0.4 is 0 Å². The molecule has 0 spiro atoms. The maximum Gasteiger partial charge on any atom is 0.303 e. The summed E-state index contributed by atoms with van der Waals surface area (Å²) in [5.41, 5.74) is 0. The lowest BCUT2D eigenvalue weighted by atomic mass is 9.99. The number of ether oxygens (including phenoxy) is 2. The van der Waals surface area contributed by atoms with Gasteiger partial charge in [-0.3, -0.25) is 4.79 Å². The van der Waals surface area contributed by atoms with Gasteiger partial charge in [-0.25, -0.2) is 0 Å². The van der Waals surface area contributed by atoms with Crippen LogP contribution in [0.1, 0.15) is 6.92 Å². The summed E-state index contributed by atoms with van der Waals surface area (Å²) >= 11 is 0. The molecular weight excluding hydrogens is 208 g/mol. The number of hydrogen-bond donors (Lipinski definition) is 4. The average molecular weight is 222 g/mol.